The summed E-state index contributed by atoms with van der Waals surface area (Å²) in [6.07, 6.45) is 3.41. The summed E-state index contributed by atoms with van der Waals surface area (Å²) < 4.78 is 0. The van der Waals surface area contributed by atoms with Gasteiger partial charge in [-0.05, 0) is 18.8 Å². The number of aromatic amines is 1. The van der Waals surface area contributed by atoms with E-state index in [1.165, 1.54) is 11.1 Å². The number of hydrogen-bond donors (Lipinski definition) is 2. The number of aromatic nitrogens is 3. The van der Waals surface area contributed by atoms with E-state index in [1.807, 2.05) is 0 Å². The fourth-order valence-corrected chi connectivity index (χ4v) is 1.46. The molecule has 1 heterocycles. The topological polar surface area (TPSA) is 99.2 Å². The number of rotatable bonds is 5. The second-order valence-electron chi connectivity index (χ2n) is 3.88. The van der Waals surface area contributed by atoms with E-state index in [0.717, 1.165) is 12.8 Å². The van der Waals surface area contributed by atoms with E-state index < -0.39 is 5.97 Å². The second-order valence-corrected chi connectivity index (χ2v) is 3.88. The molecule has 1 aromatic rings. The van der Waals surface area contributed by atoms with Gasteiger partial charge < -0.3 is 10.0 Å². The van der Waals surface area contributed by atoms with Crippen molar-refractivity contribution in [2.45, 2.75) is 12.8 Å². The first-order valence-electron chi connectivity index (χ1n) is 5.03. The molecule has 0 radical (unpaired) electrons. The van der Waals surface area contributed by atoms with E-state index in [-0.39, 0.29) is 18.1 Å². The van der Waals surface area contributed by atoms with Crippen LogP contribution < -0.4 is 0 Å². The van der Waals surface area contributed by atoms with Crippen molar-refractivity contribution in [1.82, 2.24) is 20.3 Å². The fraction of sp³-hybridized carbons (Fsp3) is 0.556. The zero-order valence-electron chi connectivity index (χ0n) is 8.59. The maximum atomic E-state index is 11.8. The molecule has 86 valence electrons. The summed E-state index contributed by atoms with van der Waals surface area (Å²) >= 11 is 0. The highest BCUT2D eigenvalue weighted by Gasteiger charge is 2.29. The maximum Gasteiger partial charge on any atom is 0.323 e. The number of H-pyrrole nitrogens is 1. The van der Waals surface area contributed by atoms with Crippen molar-refractivity contribution in [3.8, 4) is 0 Å². The number of carboxylic acids is 1. The highest BCUT2D eigenvalue weighted by atomic mass is 16.4. The van der Waals surface area contributed by atoms with Crippen LogP contribution in [0, 0.1) is 5.92 Å². The minimum absolute atomic E-state index is 0.155. The predicted octanol–water partition coefficient (Wildman–Crippen LogP) is -0.259. The number of hydrogen-bond acceptors (Lipinski definition) is 4. The molecule has 0 aliphatic heterocycles. The molecule has 2 rings (SSSR count). The summed E-state index contributed by atoms with van der Waals surface area (Å²) in [5.74, 6) is -0.962. The lowest BCUT2D eigenvalue weighted by atomic mass is 10.3. The van der Waals surface area contributed by atoms with Gasteiger partial charge in [-0.1, -0.05) is 0 Å². The number of carbonyl (C=O) groups is 2. The van der Waals surface area contributed by atoms with Crippen molar-refractivity contribution in [2.75, 3.05) is 13.1 Å². The first-order valence-corrected chi connectivity index (χ1v) is 5.03. The van der Waals surface area contributed by atoms with E-state index in [1.54, 1.807) is 0 Å². The highest BCUT2D eigenvalue weighted by molar-refractivity contribution is 5.93. The molecule has 7 nitrogen and oxygen atoms in total. The van der Waals surface area contributed by atoms with Crippen LogP contribution in [0.1, 0.15) is 23.3 Å². The van der Waals surface area contributed by atoms with Gasteiger partial charge in [0.15, 0.2) is 5.69 Å². The Kier molecular flexibility index (Phi) is 2.84. The van der Waals surface area contributed by atoms with Crippen LogP contribution >= 0.6 is 0 Å². The monoisotopic (exact) mass is 224 g/mol. The van der Waals surface area contributed by atoms with Crippen molar-refractivity contribution in [3.05, 3.63) is 11.9 Å². The van der Waals surface area contributed by atoms with Crippen LogP contribution in [0.25, 0.3) is 0 Å². The van der Waals surface area contributed by atoms with Gasteiger partial charge in [0.1, 0.15) is 6.54 Å². The SMILES string of the molecule is O=C(O)CN(CC1CC1)C(=O)c1cn[nH]n1. The maximum absolute atomic E-state index is 11.8. The van der Waals surface area contributed by atoms with Crippen LogP contribution in [0.4, 0.5) is 0 Å². The van der Waals surface area contributed by atoms with Gasteiger partial charge in [-0.2, -0.15) is 15.4 Å². The quantitative estimate of drug-likeness (QED) is 0.718. The van der Waals surface area contributed by atoms with Gasteiger partial charge in [0.25, 0.3) is 5.91 Å². The molecule has 0 spiro atoms. The van der Waals surface area contributed by atoms with Gasteiger partial charge >= 0.3 is 5.97 Å². The molecule has 0 atom stereocenters. The van der Waals surface area contributed by atoms with Gasteiger partial charge in [0, 0.05) is 6.54 Å². The molecule has 1 fully saturated rings. The van der Waals surface area contributed by atoms with Crippen molar-refractivity contribution in [1.29, 1.82) is 0 Å². The molecule has 1 aromatic heterocycles. The fourth-order valence-electron chi connectivity index (χ4n) is 1.46. The van der Waals surface area contributed by atoms with Crippen molar-refractivity contribution >= 4 is 11.9 Å². The molecule has 0 unspecified atom stereocenters. The molecule has 1 aliphatic carbocycles. The van der Waals surface area contributed by atoms with E-state index >= 15 is 0 Å². The predicted molar refractivity (Wildman–Crippen MR) is 52.6 cm³/mol. The number of carbonyl (C=O) groups excluding carboxylic acids is 1. The van der Waals surface area contributed by atoms with Gasteiger partial charge in [0.05, 0.1) is 6.20 Å². The van der Waals surface area contributed by atoms with Gasteiger partial charge in [0.2, 0.25) is 0 Å². The van der Waals surface area contributed by atoms with Crippen LogP contribution in [-0.2, 0) is 4.79 Å². The molecule has 1 aliphatic rings. The number of amides is 1. The van der Waals surface area contributed by atoms with Crippen LogP contribution in [0.15, 0.2) is 6.20 Å². The Balaban J connectivity index is 2.04. The summed E-state index contributed by atoms with van der Waals surface area (Å²) in [5, 5.41) is 18.2. The molecule has 2 N–H and O–H groups in total. The second kappa shape index (κ2) is 4.30. The molecule has 0 bridgehead atoms. The zero-order valence-corrected chi connectivity index (χ0v) is 8.59. The average molecular weight is 224 g/mol. The number of nitrogens with zero attached hydrogens (tertiary/aromatic N) is 3. The smallest absolute Gasteiger partial charge is 0.323 e. The first kappa shape index (κ1) is 10.6. The van der Waals surface area contributed by atoms with Crippen LogP contribution in [0.5, 0.6) is 0 Å². The summed E-state index contributed by atoms with van der Waals surface area (Å²) in [4.78, 5) is 23.8. The van der Waals surface area contributed by atoms with Gasteiger partial charge in [-0.3, -0.25) is 9.59 Å². The minimum atomic E-state index is -1.02. The zero-order chi connectivity index (χ0) is 11.5. The lowest BCUT2D eigenvalue weighted by Gasteiger charge is -2.18. The average Bonchev–Trinajstić information content (AvgIpc) is 2.88. The summed E-state index contributed by atoms with van der Waals surface area (Å²) in [5.41, 5.74) is 0.155. The van der Waals surface area contributed by atoms with Crippen molar-refractivity contribution in [2.24, 2.45) is 5.92 Å². The third-order valence-corrected chi connectivity index (χ3v) is 2.42. The Morgan fingerprint density at radius 3 is 2.81 bits per heavy atom. The Labute approximate surface area is 91.4 Å². The highest BCUT2D eigenvalue weighted by Crippen LogP contribution is 2.29. The molecule has 1 saturated carbocycles. The molecule has 1 amide bonds. The van der Waals surface area contributed by atoms with Crippen LogP contribution in [0.3, 0.4) is 0 Å². The molecule has 7 heteroatoms. The van der Waals surface area contributed by atoms with Crippen molar-refractivity contribution < 1.29 is 14.7 Å². The molecular formula is C9H12N4O3. The van der Waals surface area contributed by atoms with Crippen LogP contribution in [-0.4, -0.2) is 50.4 Å². The lowest BCUT2D eigenvalue weighted by molar-refractivity contribution is -0.137. The number of carboxylic acid groups (broad SMARTS) is 1. The summed E-state index contributed by atoms with van der Waals surface area (Å²) in [7, 11) is 0. The van der Waals surface area contributed by atoms with Gasteiger partial charge in [-0.25, -0.2) is 0 Å². The Morgan fingerprint density at radius 2 is 2.31 bits per heavy atom. The Hall–Kier alpha value is -1.92. The van der Waals surface area contributed by atoms with E-state index in [2.05, 4.69) is 15.4 Å². The molecule has 0 aromatic carbocycles. The third-order valence-electron chi connectivity index (χ3n) is 2.42. The molecule has 0 saturated heterocycles. The normalized spacial score (nSPS) is 14.8. The Bertz CT molecular complexity index is 385. The van der Waals surface area contributed by atoms with Crippen molar-refractivity contribution in [3.63, 3.8) is 0 Å². The standard InChI is InChI=1S/C9H12N4O3/c14-8(15)5-13(4-6-1-2-6)9(16)7-3-10-12-11-7/h3,6H,1-2,4-5H2,(H,14,15)(H,10,11,12). The van der Waals surface area contributed by atoms with Gasteiger partial charge in [-0.15, -0.1) is 0 Å². The third kappa shape index (κ3) is 2.56. The lowest BCUT2D eigenvalue weighted by Crippen LogP contribution is -2.37. The Morgan fingerprint density at radius 1 is 1.56 bits per heavy atom. The largest absolute Gasteiger partial charge is 0.480 e. The summed E-state index contributed by atoms with van der Waals surface area (Å²) in [6, 6.07) is 0. The molecule has 16 heavy (non-hydrogen) atoms. The minimum Gasteiger partial charge on any atom is -0.480 e. The number of aliphatic carboxylic acids is 1. The molecular weight excluding hydrogens is 212 g/mol. The van der Waals surface area contributed by atoms with E-state index in [0.29, 0.717) is 12.5 Å². The number of nitrogens with one attached hydrogen (secondary N) is 1. The summed E-state index contributed by atoms with van der Waals surface area (Å²) in [6.45, 7) is 0.195. The first-order chi connectivity index (χ1) is 7.66. The van der Waals surface area contributed by atoms with Crippen LogP contribution in [0.2, 0.25) is 0 Å². The van der Waals surface area contributed by atoms with E-state index in [9.17, 15) is 9.59 Å². The van der Waals surface area contributed by atoms with E-state index in [4.69, 9.17) is 5.11 Å².